The molecule has 1 aliphatic carbocycles. The Hall–Kier alpha value is -1.76. The van der Waals surface area contributed by atoms with Crippen LogP contribution in [-0.4, -0.2) is 40.8 Å². The van der Waals surface area contributed by atoms with Gasteiger partial charge in [-0.15, -0.1) is 0 Å². The Bertz CT molecular complexity index is 473. The average molecular weight is 370 g/mol. The molecule has 0 bridgehead atoms. The third-order valence-electron chi connectivity index (χ3n) is 4.96. The van der Waals surface area contributed by atoms with Crippen LogP contribution in [0.3, 0.4) is 0 Å². The van der Waals surface area contributed by atoms with E-state index in [0.717, 1.165) is 18.9 Å². The van der Waals surface area contributed by atoms with Crippen molar-refractivity contribution in [3.63, 3.8) is 0 Å². The molecule has 0 heterocycles. The molecule has 0 spiro atoms. The van der Waals surface area contributed by atoms with E-state index in [0.29, 0.717) is 12.1 Å². The minimum absolute atomic E-state index is 0.137. The fourth-order valence-electron chi connectivity index (χ4n) is 3.50. The summed E-state index contributed by atoms with van der Waals surface area (Å²) >= 11 is 0. The molecule has 1 rings (SSSR count). The Balaban J connectivity index is 2.53. The summed E-state index contributed by atoms with van der Waals surface area (Å²) in [4.78, 5) is 22.9. The Morgan fingerprint density at radius 2 is 1.73 bits per heavy atom. The molecule has 0 radical (unpaired) electrons. The molecular weight excluding hydrogens is 334 g/mol. The molecule has 1 unspecified atom stereocenters. The first-order valence-corrected chi connectivity index (χ1v) is 9.69. The van der Waals surface area contributed by atoms with Crippen molar-refractivity contribution in [2.24, 2.45) is 17.6 Å². The van der Waals surface area contributed by atoms with Gasteiger partial charge in [0, 0.05) is 24.9 Å². The summed E-state index contributed by atoms with van der Waals surface area (Å²) in [5.74, 6) is -1.23. The van der Waals surface area contributed by atoms with E-state index in [9.17, 15) is 19.8 Å². The van der Waals surface area contributed by atoms with Crippen molar-refractivity contribution < 1.29 is 19.8 Å². The summed E-state index contributed by atoms with van der Waals surface area (Å²) in [7, 11) is 0. The van der Waals surface area contributed by atoms with Gasteiger partial charge in [-0.2, -0.15) is 0 Å². The van der Waals surface area contributed by atoms with Gasteiger partial charge in [0.1, 0.15) is 12.1 Å². The van der Waals surface area contributed by atoms with Crippen LogP contribution in [-0.2, 0) is 9.59 Å². The lowest BCUT2D eigenvalue weighted by atomic mass is 9.87. The van der Waals surface area contributed by atoms with Gasteiger partial charge in [0.05, 0.1) is 0 Å². The number of carbonyl (C=O) groups is 2. The minimum atomic E-state index is -1.08. The highest BCUT2D eigenvalue weighted by Gasteiger charge is 2.27. The van der Waals surface area contributed by atoms with E-state index in [1.807, 2.05) is 13.8 Å². The van der Waals surface area contributed by atoms with Crippen LogP contribution in [0.1, 0.15) is 65.2 Å². The highest BCUT2D eigenvalue weighted by Crippen LogP contribution is 2.25. The minimum Gasteiger partial charge on any atom is -0.480 e. The van der Waals surface area contributed by atoms with Gasteiger partial charge in [-0.25, -0.2) is 0 Å². The maximum Gasteiger partial charge on any atom is 0.321 e. The number of nitrogens with one attached hydrogen (secondary N) is 2. The van der Waals surface area contributed by atoms with Crippen molar-refractivity contribution >= 4 is 11.9 Å². The standard InChI is InChI=1S/C19H35N3O4/c1-13(2)10-16(18(23)24)22-17(19(25)26)11-15(12-20)21-9-8-14-6-4-3-5-7-14/h12-14,16-17,21-22H,3-11,20H2,1-2H3,(H,23,24)(H,25,26)/b15-12-/t16?,17-/m0/s1. The monoisotopic (exact) mass is 369 g/mol. The molecule has 0 aliphatic heterocycles. The number of carboxylic acid groups (broad SMARTS) is 2. The molecule has 0 amide bonds. The molecule has 1 saturated carbocycles. The quantitative estimate of drug-likeness (QED) is 0.357. The summed E-state index contributed by atoms with van der Waals surface area (Å²) in [6, 6.07) is -1.89. The Kier molecular flexibility index (Phi) is 10.1. The predicted octanol–water partition coefficient (Wildman–Crippen LogP) is 2.28. The molecule has 7 heteroatoms. The number of carboxylic acids is 2. The van der Waals surface area contributed by atoms with E-state index in [1.54, 1.807) is 0 Å². The smallest absolute Gasteiger partial charge is 0.321 e. The van der Waals surface area contributed by atoms with Crippen LogP contribution >= 0.6 is 0 Å². The van der Waals surface area contributed by atoms with Crippen LogP contribution < -0.4 is 16.4 Å². The first-order valence-electron chi connectivity index (χ1n) is 9.69. The van der Waals surface area contributed by atoms with E-state index < -0.39 is 24.0 Å². The van der Waals surface area contributed by atoms with Crippen molar-refractivity contribution in [3.05, 3.63) is 11.9 Å². The molecule has 6 N–H and O–H groups in total. The molecule has 150 valence electrons. The van der Waals surface area contributed by atoms with Crippen LogP contribution in [0.5, 0.6) is 0 Å². The zero-order chi connectivity index (χ0) is 19.5. The normalized spacial score (nSPS) is 18.5. The fourth-order valence-corrected chi connectivity index (χ4v) is 3.50. The molecule has 0 saturated heterocycles. The van der Waals surface area contributed by atoms with Crippen LogP contribution in [0.15, 0.2) is 11.9 Å². The maximum absolute atomic E-state index is 11.6. The third-order valence-corrected chi connectivity index (χ3v) is 4.96. The SMILES string of the molecule is CC(C)CC(N[C@@H](C/C(=C/N)NCCC1CCCCC1)C(=O)O)C(=O)O. The molecule has 0 aromatic carbocycles. The first kappa shape index (κ1) is 22.3. The lowest BCUT2D eigenvalue weighted by molar-refractivity contribution is -0.142. The molecule has 2 atom stereocenters. The van der Waals surface area contributed by atoms with Gasteiger partial charge >= 0.3 is 11.9 Å². The highest BCUT2D eigenvalue weighted by molar-refractivity contribution is 5.77. The molecule has 0 aromatic rings. The zero-order valence-electron chi connectivity index (χ0n) is 16.0. The molecule has 26 heavy (non-hydrogen) atoms. The van der Waals surface area contributed by atoms with Crippen molar-refractivity contribution in [2.75, 3.05) is 6.54 Å². The van der Waals surface area contributed by atoms with Gasteiger partial charge in [-0.1, -0.05) is 46.0 Å². The number of hydrogen-bond donors (Lipinski definition) is 5. The Morgan fingerprint density at radius 3 is 2.23 bits per heavy atom. The van der Waals surface area contributed by atoms with Gasteiger partial charge in [-0.05, 0) is 24.7 Å². The lowest BCUT2D eigenvalue weighted by Gasteiger charge is -2.24. The average Bonchev–Trinajstić information content (AvgIpc) is 2.59. The summed E-state index contributed by atoms with van der Waals surface area (Å²) in [5, 5.41) is 24.8. The van der Waals surface area contributed by atoms with E-state index in [-0.39, 0.29) is 12.3 Å². The number of aliphatic carboxylic acids is 2. The largest absolute Gasteiger partial charge is 0.480 e. The van der Waals surface area contributed by atoms with Crippen molar-refractivity contribution in [1.82, 2.24) is 10.6 Å². The first-order chi connectivity index (χ1) is 12.3. The van der Waals surface area contributed by atoms with Crippen LogP contribution in [0.25, 0.3) is 0 Å². The predicted molar refractivity (Wildman–Crippen MR) is 102 cm³/mol. The Labute approximate surface area is 156 Å². The lowest BCUT2D eigenvalue weighted by Crippen LogP contribution is -2.48. The van der Waals surface area contributed by atoms with E-state index in [1.165, 1.54) is 38.3 Å². The number of nitrogens with two attached hydrogens (primary N) is 1. The van der Waals surface area contributed by atoms with Crippen LogP contribution in [0, 0.1) is 11.8 Å². The molecule has 1 aliphatic rings. The summed E-state index contributed by atoms with van der Waals surface area (Å²) < 4.78 is 0. The van der Waals surface area contributed by atoms with Crippen molar-refractivity contribution in [2.45, 2.75) is 77.3 Å². The number of hydrogen-bond acceptors (Lipinski definition) is 5. The maximum atomic E-state index is 11.6. The second-order valence-corrected chi connectivity index (χ2v) is 7.69. The third kappa shape index (κ3) is 8.56. The van der Waals surface area contributed by atoms with Gasteiger partial charge in [0.15, 0.2) is 0 Å². The van der Waals surface area contributed by atoms with E-state index >= 15 is 0 Å². The van der Waals surface area contributed by atoms with Crippen LogP contribution in [0.4, 0.5) is 0 Å². The van der Waals surface area contributed by atoms with Gasteiger partial charge in [0.2, 0.25) is 0 Å². The summed E-state index contributed by atoms with van der Waals surface area (Å²) in [6.45, 7) is 4.57. The highest BCUT2D eigenvalue weighted by atomic mass is 16.4. The topological polar surface area (TPSA) is 125 Å². The summed E-state index contributed by atoms with van der Waals surface area (Å²) in [5.41, 5.74) is 6.28. The zero-order valence-corrected chi connectivity index (χ0v) is 16.0. The van der Waals surface area contributed by atoms with Crippen molar-refractivity contribution in [1.29, 1.82) is 0 Å². The molecule has 7 nitrogen and oxygen atoms in total. The second-order valence-electron chi connectivity index (χ2n) is 7.69. The van der Waals surface area contributed by atoms with Gasteiger partial charge in [0.25, 0.3) is 0 Å². The van der Waals surface area contributed by atoms with Gasteiger partial charge in [-0.3, -0.25) is 14.9 Å². The second kappa shape index (κ2) is 11.8. The number of rotatable bonds is 12. The molecular formula is C19H35N3O4. The molecule has 0 aromatic heterocycles. The Morgan fingerprint density at radius 1 is 1.12 bits per heavy atom. The van der Waals surface area contributed by atoms with Gasteiger partial charge < -0.3 is 21.3 Å². The molecule has 1 fully saturated rings. The van der Waals surface area contributed by atoms with E-state index in [2.05, 4.69) is 10.6 Å². The summed E-state index contributed by atoms with van der Waals surface area (Å²) in [6.07, 6.45) is 9.38. The van der Waals surface area contributed by atoms with Crippen LogP contribution in [0.2, 0.25) is 0 Å². The van der Waals surface area contributed by atoms with Crippen molar-refractivity contribution in [3.8, 4) is 0 Å². The fraction of sp³-hybridized carbons (Fsp3) is 0.789. The van der Waals surface area contributed by atoms with E-state index in [4.69, 9.17) is 5.73 Å².